The summed E-state index contributed by atoms with van der Waals surface area (Å²) in [6.45, 7) is 9.03. The fraction of sp³-hybridized carbons (Fsp3) is 0.565. The van der Waals surface area contributed by atoms with E-state index in [4.69, 9.17) is 28.4 Å². The second kappa shape index (κ2) is 8.11. The summed E-state index contributed by atoms with van der Waals surface area (Å²) in [4.78, 5) is 48.2. The second-order valence-corrected chi connectivity index (χ2v) is 8.88. The quantitative estimate of drug-likeness (QED) is 0.186. The lowest BCUT2D eigenvalue weighted by Crippen LogP contribution is -2.38. The molecule has 0 aromatic heterocycles. The molecule has 4 rings (SSSR count). The summed E-state index contributed by atoms with van der Waals surface area (Å²) >= 11 is 0. The first kappa shape index (κ1) is 23.2. The maximum Gasteiger partial charge on any atom is 0.338 e. The molecule has 2 saturated heterocycles. The lowest BCUT2D eigenvalue weighted by Gasteiger charge is -2.26. The van der Waals surface area contributed by atoms with E-state index in [1.165, 1.54) is 20.8 Å². The predicted molar refractivity (Wildman–Crippen MR) is 110 cm³/mol. The Kier molecular flexibility index (Phi) is 5.69. The van der Waals surface area contributed by atoms with Gasteiger partial charge in [0.1, 0.15) is 42.7 Å². The van der Waals surface area contributed by atoms with Gasteiger partial charge in [-0.1, -0.05) is 18.7 Å². The van der Waals surface area contributed by atoms with Gasteiger partial charge in [-0.05, 0) is 13.8 Å². The molecule has 178 valence electrons. The van der Waals surface area contributed by atoms with Crippen LogP contribution in [0.5, 0.6) is 0 Å². The molecule has 4 aliphatic rings. The number of carbonyl (C=O) groups excluding carboxylic acids is 4. The van der Waals surface area contributed by atoms with Crippen molar-refractivity contribution >= 4 is 23.9 Å². The van der Waals surface area contributed by atoms with Gasteiger partial charge in [-0.15, -0.1) is 0 Å². The third-order valence-electron chi connectivity index (χ3n) is 6.14. The number of fused-ring (bicyclic) bond motifs is 4. The summed E-state index contributed by atoms with van der Waals surface area (Å²) in [6.07, 6.45) is 0.910. The Labute approximate surface area is 190 Å². The molecule has 3 heterocycles. The molecule has 0 spiro atoms. The fourth-order valence-electron chi connectivity index (χ4n) is 4.23. The smallest absolute Gasteiger partial charge is 0.338 e. The minimum Gasteiger partial charge on any atom is -0.463 e. The van der Waals surface area contributed by atoms with Crippen LogP contribution >= 0.6 is 0 Å². The van der Waals surface area contributed by atoms with Gasteiger partial charge < -0.3 is 28.4 Å². The molecule has 10 nitrogen and oxygen atoms in total. The number of ether oxygens (including phenoxy) is 6. The molecule has 3 aliphatic heterocycles. The highest BCUT2D eigenvalue weighted by molar-refractivity contribution is 5.94. The molecule has 0 N–H and O–H groups in total. The van der Waals surface area contributed by atoms with E-state index in [9.17, 15) is 19.2 Å². The monoisotopic (exact) mass is 462 g/mol. The van der Waals surface area contributed by atoms with Crippen molar-refractivity contribution < 1.29 is 47.6 Å². The van der Waals surface area contributed by atoms with Crippen LogP contribution in [0.4, 0.5) is 0 Å². The third kappa shape index (κ3) is 4.45. The summed E-state index contributed by atoms with van der Waals surface area (Å²) in [5.74, 6) is -2.43. The highest BCUT2D eigenvalue weighted by Crippen LogP contribution is 2.52. The zero-order chi connectivity index (χ0) is 24.1. The molecular formula is C23H26O10. The largest absolute Gasteiger partial charge is 0.463 e. The van der Waals surface area contributed by atoms with Gasteiger partial charge in [-0.2, -0.15) is 0 Å². The van der Waals surface area contributed by atoms with Gasteiger partial charge in [0.2, 0.25) is 0 Å². The Morgan fingerprint density at radius 2 is 1.85 bits per heavy atom. The predicted octanol–water partition coefficient (Wildman–Crippen LogP) is 1.08. The van der Waals surface area contributed by atoms with E-state index >= 15 is 0 Å². The molecule has 33 heavy (non-hydrogen) atoms. The van der Waals surface area contributed by atoms with Crippen molar-refractivity contribution in [2.24, 2.45) is 0 Å². The average molecular weight is 462 g/mol. The summed E-state index contributed by atoms with van der Waals surface area (Å²) in [5.41, 5.74) is -1.14. The Morgan fingerprint density at radius 3 is 2.48 bits per heavy atom. The minimum atomic E-state index is -1.00. The molecule has 0 aromatic carbocycles. The van der Waals surface area contributed by atoms with Crippen LogP contribution in [0, 0.1) is 0 Å². The Morgan fingerprint density at radius 1 is 1.15 bits per heavy atom. The number of carbonyl (C=O) groups is 4. The topological polar surface area (TPSA) is 130 Å². The van der Waals surface area contributed by atoms with Crippen LogP contribution in [0.3, 0.4) is 0 Å². The Hall–Kier alpha value is -2.98. The minimum absolute atomic E-state index is 0.0732. The third-order valence-corrected chi connectivity index (χ3v) is 6.14. The Bertz CT molecular complexity index is 993. The van der Waals surface area contributed by atoms with Crippen LogP contribution in [0.1, 0.15) is 34.1 Å². The van der Waals surface area contributed by atoms with Crippen LogP contribution in [0.2, 0.25) is 0 Å². The van der Waals surface area contributed by atoms with E-state index in [1.54, 1.807) is 0 Å². The van der Waals surface area contributed by atoms with E-state index < -0.39 is 59.5 Å². The van der Waals surface area contributed by atoms with E-state index in [1.807, 2.05) is 19.1 Å². The van der Waals surface area contributed by atoms with Crippen LogP contribution in [-0.4, -0.2) is 72.7 Å². The van der Waals surface area contributed by atoms with Crippen molar-refractivity contribution in [1.82, 2.24) is 0 Å². The zero-order valence-corrected chi connectivity index (χ0v) is 18.9. The van der Waals surface area contributed by atoms with Gasteiger partial charge in [-0.25, -0.2) is 9.59 Å². The van der Waals surface area contributed by atoms with Gasteiger partial charge in [0.25, 0.3) is 0 Å². The molecule has 1 aliphatic carbocycles. The molecule has 0 saturated carbocycles. The first-order valence-corrected chi connectivity index (χ1v) is 10.6. The maximum absolute atomic E-state index is 12.8. The SMILES string of the molecule is C=C(C)C(=O)OC1C[C@@]2(COC(C)=O)O[C@H]2C=C[C@@]2(C)O[C@@H]2[C@H]2OC(=O)C(COC(C)=O)=C12. The van der Waals surface area contributed by atoms with Crippen molar-refractivity contribution in [3.8, 4) is 0 Å². The molecule has 0 amide bonds. The van der Waals surface area contributed by atoms with E-state index in [-0.39, 0.29) is 30.8 Å². The molecule has 0 bridgehead atoms. The first-order chi connectivity index (χ1) is 15.5. The molecular weight excluding hydrogens is 436 g/mol. The average Bonchev–Trinajstić information content (AvgIpc) is 3.57. The number of hydrogen-bond donors (Lipinski definition) is 0. The van der Waals surface area contributed by atoms with Crippen molar-refractivity contribution in [3.63, 3.8) is 0 Å². The molecule has 0 radical (unpaired) electrons. The lowest BCUT2D eigenvalue weighted by molar-refractivity contribution is -0.147. The molecule has 2 fully saturated rings. The molecule has 10 heteroatoms. The zero-order valence-electron chi connectivity index (χ0n) is 18.9. The van der Waals surface area contributed by atoms with Crippen LogP contribution in [0.15, 0.2) is 35.5 Å². The molecule has 1 unspecified atom stereocenters. The summed E-state index contributed by atoms with van der Waals surface area (Å²) in [5, 5.41) is 0. The van der Waals surface area contributed by atoms with Gasteiger partial charge in [0.15, 0.2) is 6.10 Å². The second-order valence-electron chi connectivity index (χ2n) is 8.88. The van der Waals surface area contributed by atoms with E-state index in [0.717, 1.165) is 0 Å². The van der Waals surface area contributed by atoms with Crippen molar-refractivity contribution in [1.29, 1.82) is 0 Å². The van der Waals surface area contributed by atoms with Crippen LogP contribution in [-0.2, 0) is 47.6 Å². The number of rotatable bonds is 6. The Balaban J connectivity index is 1.78. The van der Waals surface area contributed by atoms with Gasteiger partial charge in [0, 0.05) is 31.4 Å². The number of esters is 4. The number of hydrogen-bond acceptors (Lipinski definition) is 10. The highest BCUT2D eigenvalue weighted by Gasteiger charge is 2.65. The lowest BCUT2D eigenvalue weighted by atomic mass is 9.85. The summed E-state index contributed by atoms with van der Waals surface area (Å²) < 4.78 is 33.4. The van der Waals surface area contributed by atoms with Gasteiger partial charge in [-0.3, -0.25) is 9.59 Å². The van der Waals surface area contributed by atoms with Crippen molar-refractivity contribution in [2.45, 2.75) is 69.7 Å². The van der Waals surface area contributed by atoms with E-state index in [2.05, 4.69) is 6.58 Å². The van der Waals surface area contributed by atoms with Crippen LogP contribution < -0.4 is 0 Å². The normalized spacial score (nSPS) is 35.9. The van der Waals surface area contributed by atoms with Gasteiger partial charge >= 0.3 is 23.9 Å². The van der Waals surface area contributed by atoms with Crippen molar-refractivity contribution in [2.75, 3.05) is 13.2 Å². The van der Waals surface area contributed by atoms with Crippen LogP contribution in [0.25, 0.3) is 0 Å². The first-order valence-electron chi connectivity index (χ1n) is 10.6. The van der Waals surface area contributed by atoms with E-state index in [0.29, 0.717) is 5.57 Å². The summed E-state index contributed by atoms with van der Waals surface area (Å²) in [7, 11) is 0. The summed E-state index contributed by atoms with van der Waals surface area (Å²) in [6, 6.07) is 0. The molecule has 6 atom stereocenters. The molecule has 0 aromatic rings. The standard InChI is InChI=1S/C23H26O10/c1-11(2)20(26)30-15-8-23(10-29-13(4)25)16(32-23)6-7-22(5)19(33-22)18-17(15)14(21(27)31-18)9-28-12(3)24/h6-7,15-16,18-19H,1,8-10H2,2-5H3/t15?,16-,18-,19+,22+,23-/m0/s1. The van der Waals surface area contributed by atoms with Gasteiger partial charge in [0.05, 0.1) is 5.57 Å². The number of epoxide rings is 2. The maximum atomic E-state index is 12.8. The fourth-order valence-corrected chi connectivity index (χ4v) is 4.23. The van der Waals surface area contributed by atoms with Crippen molar-refractivity contribution in [3.05, 3.63) is 35.5 Å². The highest BCUT2D eigenvalue weighted by atomic mass is 16.7.